The van der Waals surface area contributed by atoms with Crippen LogP contribution in [0.4, 0.5) is 34.1 Å². The lowest BCUT2D eigenvalue weighted by atomic mass is 9.33. The Morgan fingerprint density at radius 3 is 1.41 bits per heavy atom. The lowest BCUT2D eigenvalue weighted by molar-refractivity contribution is 0.866. The van der Waals surface area contributed by atoms with E-state index >= 15 is 0 Å². The van der Waals surface area contributed by atoms with Crippen molar-refractivity contribution in [2.75, 3.05) is 9.80 Å². The summed E-state index contributed by atoms with van der Waals surface area (Å²) in [4.78, 5) is 5.00. The van der Waals surface area contributed by atoms with Crippen molar-refractivity contribution in [3.63, 3.8) is 0 Å². The Morgan fingerprint density at radius 2 is 0.815 bits per heavy atom. The van der Waals surface area contributed by atoms with Gasteiger partial charge in [-0.3, -0.25) is 0 Å². The van der Waals surface area contributed by atoms with Gasteiger partial charge < -0.3 is 9.80 Å². The fourth-order valence-electron chi connectivity index (χ4n) is 8.58. The molecule has 2 aliphatic rings. The van der Waals surface area contributed by atoms with Crippen molar-refractivity contribution < 1.29 is 0 Å². The van der Waals surface area contributed by atoms with Crippen LogP contribution in [0.5, 0.6) is 0 Å². The van der Waals surface area contributed by atoms with Gasteiger partial charge in [0.05, 0.1) is 0 Å². The van der Waals surface area contributed by atoms with Gasteiger partial charge in [0.25, 0.3) is 6.71 Å². The van der Waals surface area contributed by atoms with Gasteiger partial charge in [0.2, 0.25) is 0 Å². The summed E-state index contributed by atoms with van der Waals surface area (Å²) in [7, 11) is 0. The highest BCUT2D eigenvalue weighted by Crippen LogP contribution is 2.45. The van der Waals surface area contributed by atoms with Crippen LogP contribution in [-0.4, -0.2) is 6.71 Å². The van der Waals surface area contributed by atoms with Crippen LogP contribution in [0.3, 0.4) is 0 Å². The molecule has 9 rings (SSSR count). The first-order valence-corrected chi connectivity index (χ1v) is 19.6. The highest BCUT2D eigenvalue weighted by molar-refractivity contribution is 7.00. The van der Waals surface area contributed by atoms with Crippen LogP contribution in [0, 0.1) is 0 Å². The third kappa shape index (κ3) is 5.74. The van der Waals surface area contributed by atoms with E-state index in [1.54, 1.807) is 0 Å². The molecule has 0 bridgehead atoms. The van der Waals surface area contributed by atoms with Crippen LogP contribution < -0.4 is 26.2 Å². The van der Waals surface area contributed by atoms with E-state index < -0.39 is 0 Å². The number of hydrogen-bond donors (Lipinski definition) is 0. The predicted molar refractivity (Wildman–Crippen MR) is 234 cm³/mol. The first kappa shape index (κ1) is 34.0. The Bertz CT molecular complexity index is 2480. The van der Waals surface area contributed by atoms with Crippen molar-refractivity contribution in [3.05, 3.63) is 174 Å². The van der Waals surface area contributed by atoms with Gasteiger partial charge >= 0.3 is 0 Å². The molecule has 7 aromatic rings. The van der Waals surface area contributed by atoms with Gasteiger partial charge in [-0.2, -0.15) is 0 Å². The summed E-state index contributed by atoms with van der Waals surface area (Å²) in [5, 5.41) is 0. The molecule has 0 aliphatic carbocycles. The lowest BCUT2D eigenvalue weighted by Crippen LogP contribution is -2.61. The van der Waals surface area contributed by atoms with E-state index in [0.29, 0.717) is 17.8 Å². The van der Waals surface area contributed by atoms with E-state index in [-0.39, 0.29) is 6.71 Å². The van der Waals surface area contributed by atoms with E-state index in [1.165, 1.54) is 83.8 Å². The smallest absolute Gasteiger partial charge is 0.252 e. The topological polar surface area (TPSA) is 6.48 Å². The lowest BCUT2D eigenvalue weighted by Gasteiger charge is -2.44. The SMILES string of the molecule is CC(C)c1ccc(-c2cccc(N3c4ccc(-c5ccc(C(C)C)cc5)cc4B4c5ccccc5N(c5ccc(C(C)C)cc5)c5cccc3c54)c2)cc1. The Kier molecular flexibility index (Phi) is 8.54. The summed E-state index contributed by atoms with van der Waals surface area (Å²) in [6.07, 6.45) is 0. The van der Waals surface area contributed by atoms with E-state index in [1.807, 2.05) is 0 Å². The van der Waals surface area contributed by atoms with Crippen LogP contribution in [0.15, 0.2) is 158 Å². The first-order valence-electron chi connectivity index (χ1n) is 19.6. The fourth-order valence-corrected chi connectivity index (χ4v) is 8.58. The van der Waals surface area contributed by atoms with Crippen LogP contribution in [-0.2, 0) is 0 Å². The molecule has 7 aromatic carbocycles. The molecular weight excluding hydrogens is 651 g/mol. The van der Waals surface area contributed by atoms with E-state index in [9.17, 15) is 0 Å². The second kappa shape index (κ2) is 13.6. The molecule has 0 fully saturated rings. The highest BCUT2D eigenvalue weighted by atomic mass is 15.2. The molecule has 2 nitrogen and oxygen atoms in total. The summed E-state index contributed by atoms with van der Waals surface area (Å²) in [5.41, 5.74) is 20.3. The standard InChI is InChI=1S/C51H47BN2/c1-33(2)36-17-21-39(22-18-36)41-11-9-12-44(31-41)54-48-30-27-42(40-23-19-37(20-24-40)34(3)4)32-46(48)52-45-13-7-8-14-47(45)53(49-15-10-16-50(54)51(49)52)43-28-25-38(26-29-43)35(5)6/h7-35H,1-6H3. The number of para-hydroxylation sites is 1. The van der Waals surface area contributed by atoms with Crippen molar-refractivity contribution in [2.45, 2.75) is 59.3 Å². The average molecular weight is 699 g/mol. The number of fused-ring (bicyclic) bond motifs is 4. The minimum absolute atomic E-state index is 0.0754. The van der Waals surface area contributed by atoms with Crippen molar-refractivity contribution in [1.29, 1.82) is 0 Å². The Hall–Kier alpha value is -5.80. The average Bonchev–Trinajstić information content (AvgIpc) is 3.20. The summed E-state index contributed by atoms with van der Waals surface area (Å²) in [6, 6.07) is 59.6. The third-order valence-electron chi connectivity index (χ3n) is 11.6. The predicted octanol–water partition coefficient (Wildman–Crippen LogP) is 12.5. The van der Waals surface area contributed by atoms with Crippen LogP contribution >= 0.6 is 0 Å². The molecule has 2 heterocycles. The maximum Gasteiger partial charge on any atom is 0.252 e. The van der Waals surface area contributed by atoms with Crippen molar-refractivity contribution in [2.24, 2.45) is 0 Å². The van der Waals surface area contributed by atoms with Gasteiger partial charge in [0.1, 0.15) is 0 Å². The van der Waals surface area contributed by atoms with Crippen LogP contribution in [0.1, 0.15) is 76.0 Å². The van der Waals surface area contributed by atoms with Gasteiger partial charge in [0.15, 0.2) is 0 Å². The highest BCUT2D eigenvalue weighted by Gasteiger charge is 2.43. The monoisotopic (exact) mass is 698 g/mol. The summed E-state index contributed by atoms with van der Waals surface area (Å²) >= 11 is 0. The van der Waals surface area contributed by atoms with E-state index in [4.69, 9.17) is 0 Å². The van der Waals surface area contributed by atoms with Gasteiger partial charge in [0, 0.05) is 34.1 Å². The number of rotatable bonds is 7. The van der Waals surface area contributed by atoms with Crippen molar-refractivity contribution >= 4 is 57.2 Å². The quantitative estimate of drug-likeness (QED) is 0.153. The van der Waals surface area contributed by atoms with Crippen molar-refractivity contribution in [3.8, 4) is 22.3 Å². The fraction of sp³-hybridized carbons (Fsp3) is 0.176. The molecule has 3 heteroatoms. The van der Waals surface area contributed by atoms with Gasteiger partial charge in [-0.05, 0) is 122 Å². The molecule has 2 aliphatic heterocycles. The molecule has 54 heavy (non-hydrogen) atoms. The normalized spacial score (nSPS) is 13.0. The van der Waals surface area contributed by atoms with Gasteiger partial charge in [-0.15, -0.1) is 0 Å². The Labute approximate surface area is 321 Å². The largest absolute Gasteiger partial charge is 0.311 e. The van der Waals surface area contributed by atoms with Crippen molar-refractivity contribution in [1.82, 2.24) is 0 Å². The molecule has 0 atom stereocenters. The Balaban J connectivity index is 1.26. The zero-order chi connectivity index (χ0) is 37.1. The zero-order valence-corrected chi connectivity index (χ0v) is 32.2. The second-order valence-corrected chi connectivity index (χ2v) is 16.0. The molecule has 0 amide bonds. The number of anilines is 6. The van der Waals surface area contributed by atoms with E-state index in [0.717, 1.165) is 5.69 Å². The minimum atomic E-state index is 0.0754. The maximum atomic E-state index is 2.51. The molecule has 0 radical (unpaired) electrons. The maximum absolute atomic E-state index is 2.51. The van der Waals surface area contributed by atoms with Crippen LogP contribution in [0.25, 0.3) is 22.3 Å². The molecule has 0 saturated heterocycles. The number of benzene rings is 7. The van der Waals surface area contributed by atoms with E-state index in [2.05, 4.69) is 209 Å². The van der Waals surface area contributed by atoms with Gasteiger partial charge in [-0.25, -0.2) is 0 Å². The van der Waals surface area contributed by atoms with Crippen LogP contribution in [0.2, 0.25) is 0 Å². The molecule has 0 unspecified atom stereocenters. The molecule has 0 spiro atoms. The zero-order valence-electron chi connectivity index (χ0n) is 32.2. The molecular formula is C51H47BN2. The molecule has 0 N–H and O–H groups in total. The minimum Gasteiger partial charge on any atom is -0.311 e. The molecule has 0 aromatic heterocycles. The first-order chi connectivity index (χ1) is 26.3. The number of nitrogens with zero attached hydrogens (tertiary/aromatic N) is 2. The second-order valence-electron chi connectivity index (χ2n) is 16.0. The molecule has 264 valence electrons. The number of hydrogen-bond acceptors (Lipinski definition) is 2. The van der Waals surface area contributed by atoms with Gasteiger partial charge in [-0.1, -0.05) is 151 Å². The summed E-state index contributed by atoms with van der Waals surface area (Å²) < 4.78 is 0. The molecule has 0 saturated carbocycles. The third-order valence-corrected chi connectivity index (χ3v) is 11.6. The summed E-state index contributed by atoms with van der Waals surface area (Å²) in [6.45, 7) is 13.6. The Morgan fingerprint density at radius 1 is 0.352 bits per heavy atom. The summed E-state index contributed by atoms with van der Waals surface area (Å²) in [5.74, 6) is 1.48.